The zero-order chi connectivity index (χ0) is 27.2. The van der Waals surface area contributed by atoms with Gasteiger partial charge in [0, 0.05) is 12.1 Å². The number of rotatable bonds is 9. The molecule has 0 saturated carbocycles. The van der Waals surface area contributed by atoms with Crippen LogP contribution in [0.5, 0.6) is 11.5 Å². The number of methoxy groups -OCH3 is 2. The molecule has 8 heteroatoms. The van der Waals surface area contributed by atoms with Gasteiger partial charge in [0.1, 0.15) is 17.3 Å². The molecule has 3 aromatic carbocycles. The maximum atomic E-state index is 13.3. The van der Waals surface area contributed by atoms with Crippen LogP contribution in [0.25, 0.3) is 5.76 Å². The van der Waals surface area contributed by atoms with Crippen molar-refractivity contribution in [1.29, 1.82) is 0 Å². The molecule has 38 heavy (non-hydrogen) atoms. The van der Waals surface area contributed by atoms with E-state index in [2.05, 4.69) is 0 Å². The van der Waals surface area contributed by atoms with Gasteiger partial charge >= 0.3 is 5.97 Å². The number of ketones is 1. The van der Waals surface area contributed by atoms with E-state index in [0.717, 1.165) is 6.42 Å². The summed E-state index contributed by atoms with van der Waals surface area (Å²) >= 11 is 0. The Morgan fingerprint density at radius 1 is 0.921 bits per heavy atom. The number of aliphatic hydroxyl groups is 1. The first-order valence-corrected chi connectivity index (χ1v) is 12.2. The van der Waals surface area contributed by atoms with Crippen molar-refractivity contribution in [3.63, 3.8) is 0 Å². The highest BCUT2D eigenvalue weighted by molar-refractivity contribution is 6.46. The summed E-state index contributed by atoms with van der Waals surface area (Å²) < 4.78 is 15.7. The standard InChI is InChI=1S/C30H29NO7/c1-4-16-38-24-7-5-6-22(17-24)27(32)25-26(20-12-14-23(36-2)15-13-20)31(29(34)28(25)33)18-19-8-10-21(11-9-19)30(35)37-3/h5-15,17,26,32H,4,16,18H2,1-3H3/b27-25+. The third-order valence-electron chi connectivity index (χ3n) is 6.28. The summed E-state index contributed by atoms with van der Waals surface area (Å²) in [7, 11) is 2.85. The third kappa shape index (κ3) is 5.39. The summed E-state index contributed by atoms with van der Waals surface area (Å²) in [6.45, 7) is 2.58. The molecule has 1 aliphatic rings. The topological polar surface area (TPSA) is 102 Å². The molecule has 0 spiro atoms. The van der Waals surface area contributed by atoms with Crippen LogP contribution in [0.15, 0.2) is 78.4 Å². The predicted molar refractivity (Wildman–Crippen MR) is 141 cm³/mol. The van der Waals surface area contributed by atoms with Crippen LogP contribution < -0.4 is 9.47 Å². The molecule has 4 rings (SSSR count). The quantitative estimate of drug-likeness (QED) is 0.187. The number of benzene rings is 3. The van der Waals surface area contributed by atoms with Crippen LogP contribution in [-0.2, 0) is 20.9 Å². The Morgan fingerprint density at radius 3 is 2.26 bits per heavy atom. The number of carbonyl (C=O) groups excluding carboxylic acids is 3. The van der Waals surface area contributed by atoms with Gasteiger partial charge in [-0.05, 0) is 53.9 Å². The Kier molecular flexibility index (Phi) is 8.11. The fourth-order valence-corrected chi connectivity index (χ4v) is 4.35. The first-order chi connectivity index (χ1) is 18.4. The van der Waals surface area contributed by atoms with Crippen molar-refractivity contribution in [2.24, 2.45) is 0 Å². The number of likely N-dealkylation sites (tertiary alicyclic amines) is 1. The van der Waals surface area contributed by atoms with E-state index >= 15 is 0 Å². The van der Waals surface area contributed by atoms with Crippen molar-refractivity contribution in [3.8, 4) is 11.5 Å². The van der Waals surface area contributed by atoms with Crippen LogP contribution in [0.3, 0.4) is 0 Å². The molecule has 1 heterocycles. The van der Waals surface area contributed by atoms with Crippen molar-refractivity contribution in [1.82, 2.24) is 4.90 Å². The van der Waals surface area contributed by atoms with Crippen LogP contribution in [0.2, 0.25) is 0 Å². The van der Waals surface area contributed by atoms with Crippen LogP contribution in [0, 0.1) is 0 Å². The van der Waals surface area contributed by atoms with Gasteiger partial charge in [-0.1, -0.05) is 43.3 Å². The SMILES string of the molecule is CCCOc1cccc(/C(O)=C2\C(=O)C(=O)N(Cc3ccc(C(=O)OC)cc3)C2c2ccc(OC)cc2)c1. The summed E-state index contributed by atoms with van der Waals surface area (Å²) in [5.41, 5.74) is 2.07. The second-order valence-electron chi connectivity index (χ2n) is 8.76. The Bertz CT molecular complexity index is 1360. The van der Waals surface area contributed by atoms with Gasteiger partial charge in [0.2, 0.25) is 0 Å². The second kappa shape index (κ2) is 11.6. The number of hydrogen-bond donors (Lipinski definition) is 1. The van der Waals surface area contributed by atoms with Gasteiger partial charge in [0.05, 0.1) is 38.0 Å². The highest BCUT2D eigenvalue weighted by atomic mass is 16.5. The fourth-order valence-electron chi connectivity index (χ4n) is 4.35. The van der Waals surface area contributed by atoms with Gasteiger partial charge in [0.25, 0.3) is 11.7 Å². The second-order valence-corrected chi connectivity index (χ2v) is 8.76. The molecule has 1 saturated heterocycles. The molecule has 1 fully saturated rings. The molecule has 196 valence electrons. The molecule has 0 aromatic heterocycles. The van der Waals surface area contributed by atoms with Crippen LogP contribution in [-0.4, -0.2) is 48.5 Å². The van der Waals surface area contributed by atoms with Gasteiger partial charge in [-0.3, -0.25) is 9.59 Å². The average molecular weight is 516 g/mol. The highest BCUT2D eigenvalue weighted by Crippen LogP contribution is 2.41. The molecule has 3 aromatic rings. The highest BCUT2D eigenvalue weighted by Gasteiger charge is 2.46. The molecule has 0 bridgehead atoms. The Labute approximate surface area is 221 Å². The Hall–Kier alpha value is -4.59. The maximum Gasteiger partial charge on any atom is 0.337 e. The molecular formula is C30H29NO7. The third-order valence-corrected chi connectivity index (χ3v) is 6.28. The molecular weight excluding hydrogens is 486 g/mol. The molecule has 1 unspecified atom stereocenters. The summed E-state index contributed by atoms with van der Waals surface area (Å²) in [4.78, 5) is 39.9. The number of esters is 1. The van der Waals surface area contributed by atoms with E-state index in [1.807, 2.05) is 6.92 Å². The van der Waals surface area contributed by atoms with E-state index in [1.54, 1.807) is 79.9 Å². The van der Waals surface area contributed by atoms with E-state index in [4.69, 9.17) is 14.2 Å². The lowest BCUT2D eigenvalue weighted by Crippen LogP contribution is -2.29. The zero-order valence-electron chi connectivity index (χ0n) is 21.5. The summed E-state index contributed by atoms with van der Waals surface area (Å²) in [6.07, 6.45) is 0.819. The Morgan fingerprint density at radius 2 is 1.63 bits per heavy atom. The van der Waals surface area contributed by atoms with Crippen molar-refractivity contribution >= 4 is 23.4 Å². The first-order valence-electron chi connectivity index (χ1n) is 12.2. The molecule has 1 aliphatic heterocycles. The minimum atomic E-state index is -0.846. The van der Waals surface area contributed by atoms with Crippen molar-refractivity contribution in [3.05, 3.63) is 101 Å². The van der Waals surface area contributed by atoms with E-state index in [0.29, 0.717) is 40.4 Å². The molecule has 0 radical (unpaired) electrons. The van der Waals surface area contributed by atoms with Crippen LogP contribution in [0.1, 0.15) is 46.4 Å². The minimum absolute atomic E-state index is 0.0148. The van der Waals surface area contributed by atoms with Crippen LogP contribution in [0.4, 0.5) is 0 Å². The lowest BCUT2D eigenvalue weighted by molar-refractivity contribution is -0.140. The smallest absolute Gasteiger partial charge is 0.337 e. The number of amides is 1. The summed E-state index contributed by atoms with van der Waals surface area (Å²) in [5.74, 6) is -1.10. The summed E-state index contributed by atoms with van der Waals surface area (Å²) in [6, 6.07) is 19.5. The number of hydrogen-bond acceptors (Lipinski definition) is 7. The van der Waals surface area contributed by atoms with E-state index in [1.165, 1.54) is 12.0 Å². The van der Waals surface area contributed by atoms with E-state index in [-0.39, 0.29) is 17.9 Å². The van der Waals surface area contributed by atoms with E-state index < -0.39 is 23.7 Å². The number of ether oxygens (including phenoxy) is 3. The summed E-state index contributed by atoms with van der Waals surface area (Å²) in [5, 5.41) is 11.3. The zero-order valence-corrected chi connectivity index (χ0v) is 21.5. The monoisotopic (exact) mass is 515 g/mol. The van der Waals surface area contributed by atoms with Crippen molar-refractivity contribution in [2.75, 3.05) is 20.8 Å². The van der Waals surface area contributed by atoms with Gasteiger partial charge in [-0.15, -0.1) is 0 Å². The molecule has 1 amide bonds. The normalized spacial score (nSPS) is 16.4. The lowest BCUT2D eigenvalue weighted by Gasteiger charge is -2.25. The molecule has 0 aliphatic carbocycles. The first kappa shape index (κ1) is 26.5. The predicted octanol–water partition coefficient (Wildman–Crippen LogP) is 4.89. The Balaban J connectivity index is 1.77. The number of nitrogens with zero attached hydrogens (tertiary/aromatic N) is 1. The number of aliphatic hydroxyl groups excluding tert-OH is 1. The van der Waals surface area contributed by atoms with Crippen molar-refractivity contribution < 1.29 is 33.7 Å². The largest absolute Gasteiger partial charge is 0.507 e. The molecule has 1 atom stereocenters. The lowest BCUT2D eigenvalue weighted by atomic mass is 9.95. The molecule has 1 N–H and O–H groups in total. The minimum Gasteiger partial charge on any atom is -0.507 e. The van der Waals surface area contributed by atoms with Crippen molar-refractivity contribution in [2.45, 2.75) is 25.9 Å². The van der Waals surface area contributed by atoms with Gasteiger partial charge < -0.3 is 24.2 Å². The average Bonchev–Trinajstić information content (AvgIpc) is 3.20. The number of Topliss-reactive ketones (excluding diaryl/α,β-unsaturated/α-hetero) is 1. The maximum absolute atomic E-state index is 13.3. The number of carbonyl (C=O) groups is 3. The van der Waals surface area contributed by atoms with Crippen LogP contribution >= 0.6 is 0 Å². The fraction of sp³-hybridized carbons (Fsp3) is 0.233. The van der Waals surface area contributed by atoms with Gasteiger partial charge in [0.15, 0.2) is 0 Å². The van der Waals surface area contributed by atoms with Gasteiger partial charge in [-0.2, -0.15) is 0 Å². The molecule has 8 nitrogen and oxygen atoms in total. The van der Waals surface area contributed by atoms with E-state index in [9.17, 15) is 19.5 Å². The van der Waals surface area contributed by atoms with Gasteiger partial charge in [-0.25, -0.2) is 4.79 Å².